The minimum Gasteiger partial charge on any atom is -0.462 e. The second-order valence-corrected chi connectivity index (χ2v) is 7.72. The number of thiazole rings is 1. The lowest BCUT2D eigenvalue weighted by Gasteiger charge is -2.13. The third kappa shape index (κ3) is 5.05. The number of hydrogen-bond donors (Lipinski definition) is 1. The molecular formula is C22H24N4O4S. The molecule has 0 atom stereocenters. The number of nitrogens with one attached hydrogen (secondary N) is 1. The van der Waals surface area contributed by atoms with Gasteiger partial charge in [0.15, 0.2) is 5.13 Å². The number of carbonyl (C=O) groups is 2. The summed E-state index contributed by atoms with van der Waals surface area (Å²) in [5.41, 5.74) is 3.68. The van der Waals surface area contributed by atoms with Gasteiger partial charge in [0.2, 0.25) is 5.95 Å². The smallest absolute Gasteiger partial charge is 0.350 e. The number of anilines is 2. The van der Waals surface area contributed by atoms with E-state index < -0.39 is 11.9 Å². The molecule has 2 heterocycles. The van der Waals surface area contributed by atoms with Gasteiger partial charge >= 0.3 is 11.9 Å². The van der Waals surface area contributed by atoms with Crippen LogP contribution in [0.3, 0.4) is 0 Å². The van der Waals surface area contributed by atoms with Gasteiger partial charge in [-0.3, -0.25) is 5.32 Å². The van der Waals surface area contributed by atoms with E-state index in [1.54, 1.807) is 27.7 Å². The zero-order valence-electron chi connectivity index (χ0n) is 18.1. The third-order valence-electron chi connectivity index (χ3n) is 4.37. The van der Waals surface area contributed by atoms with Gasteiger partial charge in [0.25, 0.3) is 0 Å². The quantitative estimate of drug-likeness (QED) is 0.531. The molecule has 9 heteroatoms. The van der Waals surface area contributed by atoms with Crippen LogP contribution < -0.4 is 5.32 Å². The monoisotopic (exact) mass is 440 g/mol. The number of nitrogens with zero attached hydrogens (tertiary/aromatic N) is 3. The van der Waals surface area contributed by atoms with Crippen molar-refractivity contribution in [1.82, 2.24) is 15.0 Å². The van der Waals surface area contributed by atoms with Crippen LogP contribution in [0.5, 0.6) is 0 Å². The summed E-state index contributed by atoms with van der Waals surface area (Å²) >= 11 is 1.16. The zero-order chi connectivity index (χ0) is 22.5. The summed E-state index contributed by atoms with van der Waals surface area (Å²) in [4.78, 5) is 38.5. The number of aryl methyl sites for hydroxylation is 3. The minimum absolute atomic E-state index is 0.251. The molecule has 162 valence electrons. The Balaban J connectivity index is 2.02. The number of carbonyl (C=O) groups excluding carboxylic acids is 2. The summed E-state index contributed by atoms with van der Waals surface area (Å²) in [6, 6.07) is 7.70. The minimum atomic E-state index is -0.475. The van der Waals surface area contributed by atoms with Crippen LogP contribution in [0.1, 0.15) is 50.8 Å². The van der Waals surface area contributed by atoms with E-state index in [0.29, 0.717) is 32.7 Å². The lowest BCUT2D eigenvalue weighted by molar-refractivity contribution is 0.0518. The fraction of sp³-hybridized carbons (Fsp3) is 0.318. The van der Waals surface area contributed by atoms with Crippen molar-refractivity contribution < 1.29 is 19.1 Å². The fourth-order valence-corrected chi connectivity index (χ4v) is 3.78. The molecule has 0 aliphatic rings. The van der Waals surface area contributed by atoms with E-state index in [1.807, 2.05) is 31.2 Å². The third-order valence-corrected chi connectivity index (χ3v) is 5.42. The molecule has 0 aliphatic carbocycles. The number of esters is 2. The number of aromatic nitrogens is 3. The van der Waals surface area contributed by atoms with E-state index in [-0.39, 0.29) is 19.2 Å². The van der Waals surface area contributed by atoms with E-state index in [0.717, 1.165) is 22.5 Å². The van der Waals surface area contributed by atoms with Crippen molar-refractivity contribution in [3.05, 3.63) is 51.7 Å². The van der Waals surface area contributed by atoms with Gasteiger partial charge < -0.3 is 9.47 Å². The number of hydrogen-bond acceptors (Lipinski definition) is 9. The first kappa shape index (κ1) is 22.4. The average molecular weight is 441 g/mol. The van der Waals surface area contributed by atoms with E-state index in [9.17, 15) is 9.59 Å². The van der Waals surface area contributed by atoms with E-state index in [4.69, 9.17) is 9.47 Å². The highest BCUT2D eigenvalue weighted by molar-refractivity contribution is 7.17. The second-order valence-electron chi connectivity index (χ2n) is 6.72. The van der Waals surface area contributed by atoms with Gasteiger partial charge in [-0.05, 0) is 34.6 Å². The van der Waals surface area contributed by atoms with Gasteiger partial charge in [-0.25, -0.2) is 24.5 Å². The van der Waals surface area contributed by atoms with Crippen molar-refractivity contribution >= 4 is 34.4 Å². The van der Waals surface area contributed by atoms with Crippen LogP contribution in [-0.4, -0.2) is 40.1 Å². The number of ether oxygens (including phenoxy) is 2. The molecule has 1 N–H and O–H groups in total. The lowest BCUT2D eigenvalue weighted by Crippen LogP contribution is -2.13. The van der Waals surface area contributed by atoms with Crippen LogP contribution >= 0.6 is 11.3 Å². The summed E-state index contributed by atoms with van der Waals surface area (Å²) in [5.74, 6) is -0.622. The molecule has 0 radical (unpaired) electrons. The van der Waals surface area contributed by atoms with Crippen molar-refractivity contribution in [2.75, 3.05) is 18.5 Å². The number of rotatable bonds is 7. The summed E-state index contributed by atoms with van der Waals surface area (Å²) in [6.07, 6.45) is 0. The SMILES string of the molecule is CCOC(=O)c1sc(Nc2nc(C)c(C(=O)OCC)c(-c3ccc(C)cc3)n2)nc1C. The first-order chi connectivity index (χ1) is 14.8. The molecule has 3 aromatic rings. The van der Waals surface area contributed by atoms with Gasteiger partial charge in [0.1, 0.15) is 10.4 Å². The maximum absolute atomic E-state index is 12.6. The molecule has 8 nitrogen and oxygen atoms in total. The Hall–Kier alpha value is -3.33. The van der Waals surface area contributed by atoms with Gasteiger partial charge in [0.05, 0.1) is 30.3 Å². The molecule has 0 aliphatic heterocycles. The van der Waals surface area contributed by atoms with Crippen molar-refractivity contribution in [2.45, 2.75) is 34.6 Å². The van der Waals surface area contributed by atoms with Crippen LogP contribution in [0.25, 0.3) is 11.3 Å². The Bertz CT molecular complexity index is 1110. The van der Waals surface area contributed by atoms with Gasteiger partial charge in [-0.15, -0.1) is 0 Å². The molecule has 1 aromatic carbocycles. The van der Waals surface area contributed by atoms with Crippen LogP contribution in [0.4, 0.5) is 11.1 Å². The first-order valence-electron chi connectivity index (χ1n) is 9.88. The highest BCUT2D eigenvalue weighted by Gasteiger charge is 2.22. The van der Waals surface area contributed by atoms with Crippen LogP contribution in [-0.2, 0) is 9.47 Å². The van der Waals surface area contributed by atoms with E-state index in [2.05, 4.69) is 20.3 Å². The molecule has 0 saturated carbocycles. The Morgan fingerprint density at radius 1 is 0.903 bits per heavy atom. The maximum atomic E-state index is 12.6. The summed E-state index contributed by atoms with van der Waals surface area (Å²) in [7, 11) is 0. The second kappa shape index (κ2) is 9.65. The Kier molecular flexibility index (Phi) is 6.96. The van der Waals surface area contributed by atoms with Crippen molar-refractivity contribution in [1.29, 1.82) is 0 Å². The Morgan fingerprint density at radius 3 is 2.19 bits per heavy atom. The predicted molar refractivity (Wildman–Crippen MR) is 119 cm³/mol. The Labute approximate surface area is 184 Å². The largest absolute Gasteiger partial charge is 0.462 e. The molecule has 0 amide bonds. The fourth-order valence-electron chi connectivity index (χ4n) is 2.93. The maximum Gasteiger partial charge on any atom is 0.350 e. The normalized spacial score (nSPS) is 10.6. The van der Waals surface area contributed by atoms with Crippen LogP contribution in [0, 0.1) is 20.8 Å². The lowest BCUT2D eigenvalue weighted by atomic mass is 10.0. The molecule has 3 rings (SSSR count). The topological polar surface area (TPSA) is 103 Å². The molecule has 2 aromatic heterocycles. The molecule has 31 heavy (non-hydrogen) atoms. The summed E-state index contributed by atoms with van der Waals surface area (Å²) in [5, 5.41) is 3.51. The van der Waals surface area contributed by atoms with Gasteiger partial charge in [0, 0.05) is 5.56 Å². The summed E-state index contributed by atoms with van der Waals surface area (Å²) in [6.45, 7) is 9.50. The van der Waals surface area contributed by atoms with Crippen molar-refractivity contribution in [3.63, 3.8) is 0 Å². The predicted octanol–water partition coefficient (Wildman–Crippen LogP) is 4.62. The van der Waals surface area contributed by atoms with Gasteiger partial charge in [-0.2, -0.15) is 0 Å². The first-order valence-corrected chi connectivity index (χ1v) is 10.7. The summed E-state index contributed by atoms with van der Waals surface area (Å²) < 4.78 is 10.3. The Morgan fingerprint density at radius 2 is 1.55 bits per heavy atom. The van der Waals surface area contributed by atoms with Crippen LogP contribution in [0.2, 0.25) is 0 Å². The highest BCUT2D eigenvalue weighted by atomic mass is 32.1. The van der Waals surface area contributed by atoms with E-state index in [1.165, 1.54) is 0 Å². The molecule has 0 unspecified atom stereocenters. The zero-order valence-corrected chi connectivity index (χ0v) is 18.9. The van der Waals surface area contributed by atoms with Crippen molar-refractivity contribution in [3.8, 4) is 11.3 Å². The van der Waals surface area contributed by atoms with E-state index >= 15 is 0 Å². The molecular weight excluding hydrogens is 416 g/mol. The van der Waals surface area contributed by atoms with Crippen molar-refractivity contribution in [2.24, 2.45) is 0 Å². The standard InChI is InChI=1S/C22H24N4O4S/c1-6-29-19(27)16-13(4)23-21(25-17(16)15-10-8-12(3)9-11-15)26-22-24-14(5)18(31-22)20(28)30-7-2/h8-11H,6-7H2,1-5H3,(H,23,24,25,26). The van der Waals surface area contributed by atoms with Crippen LogP contribution in [0.15, 0.2) is 24.3 Å². The molecule has 0 fully saturated rings. The number of benzene rings is 1. The molecule has 0 bridgehead atoms. The highest BCUT2D eigenvalue weighted by Crippen LogP contribution is 2.29. The molecule has 0 saturated heterocycles. The average Bonchev–Trinajstić information content (AvgIpc) is 3.08. The van der Waals surface area contributed by atoms with Gasteiger partial charge in [-0.1, -0.05) is 41.2 Å². The molecule has 0 spiro atoms.